The fraction of sp³-hybridized carbons (Fsp3) is 0.429. The number of halogens is 1. The second kappa shape index (κ2) is 7.85. The summed E-state index contributed by atoms with van der Waals surface area (Å²) in [6, 6.07) is 7.09. The molecule has 148 valence electrons. The van der Waals surface area contributed by atoms with E-state index in [1.54, 1.807) is 24.4 Å². The molecule has 1 aromatic carbocycles. The van der Waals surface area contributed by atoms with Gasteiger partial charge < -0.3 is 19.9 Å². The van der Waals surface area contributed by atoms with E-state index in [1.807, 2.05) is 6.07 Å². The van der Waals surface area contributed by atoms with Crippen LogP contribution >= 0.6 is 0 Å². The second-order valence-electron chi connectivity index (χ2n) is 7.36. The molecule has 7 heteroatoms. The fourth-order valence-corrected chi connectivity index (χ4v) is 3.48. The number of carbonyl (C=O) groups is 1. The van der Waals surface area contributed by atoms with Crippen molar-refractivity contribution in [1.82, 2.24) is 4.98 Å². The summed E-state index contributed by atoms with van der Waals surface area (Å²) >= 11 is 0. The maximum atomic E-state index is 14.3. The number of carboxylic acid groups (broad SMARTS) is 1. The lowest BCUT2D eigenvalue weighted by Crippen LogP contribution is -2.50. The van der Waals surface area contributed by atoms with Gasteiger partial charge in [0.2, 0.25) is 0 Å². The van der Waals surface area contributed by atoms with Crippen molar-refractivity contribution in [3.63, 3.8) is 0 Å². The van der Waals surface area contributed by atoms with Crippen LogP contribution in [0.3, 0.4) is 0 Å². The van der Waals surface area contributed by atoms with Gasteiger partial charge in [0.25, 0.3) is 0 Å². The average molecular weight is 386 g/mol. The van der Waals surface area contributed by atoms with E-state index in [1.165, 1.54) is 6.20 Å². The zero-order valence-electron chi connectivity index (χ0n) is 15.5. The summed E-state index contributed by atoms with van der Waals surface area (Å²) in [6.45, 7) is 1.15. The fourth-order valence-electron chi connectivity index (χ4n) is 3.48. The number of anilines is 1. The van der Waals surface area contributed by atoms with E-state index in [0.29, 0.717) is 43.9 Å². The van der Waals surface area contributed by atoms with E-state index in [4.69, 9.17) is 9.47 Å². The Morgan fingerprint density at radius 1 is 1.29 bits per heavy atom. The minimum Gasteiger partial charge on any atom is -0.480 e. The molecule has 0 atom stereocenters. The first-order chi connectivity index (χ1) is 13.6. The molecule has 2 heterocycles. The smallest absolute Gasteiger partial charge is 0.329 e. The zero-order chi connectivity index (χ0) is 19.6. The van der Waals surface area contributed by atoms with Gasteiger partial charge in [0, 0.05) is 43.5 Å². The summed E-state index contributed by atoms with van der Waals surface area (Å²) < 4.78 is 25.5. The van der Waals surface area contributed by atoms with Crippen LogP contribution in [-0.4, -0.2) is 40.9 Å². The van der Waals surface area contributed by atoms with Crippen LogP contribution in [0, 0.1) is 5.82 Å². The number of benzene rings is 1. The molecule has 0 amide bonds. The van der Waals surface area contributed by atoms with Crippen molar-refractivity contribution in [3.05, 3.63) is 48.0 Å². The van der Waals surface area contributed by atoms with Crippen molar-refractivity contribution in [2.24, 2.45) is 0 Å². The Morgan fingerprint density at radius 2 is 2.07 bits per heavy atom. The van der Waals surface area contributed by atoms with Gasteiger partial charge in [0.15, 0.2) is 0 Å². The third-order valence-electron chi connectivity index (χ3n) is 5.31. The maximum absolute atomic E-state index is 14.3. The average Bonchev–Trinajstić information content (AvgIpc) is 3.52. The van der Waals surface area contributed by atoms with E-state index < -0.39 is 17.3 Å². The highest BCUT2D eigenvalue weighted by atomic mass is 19.1. The van der Waals surface area contributed by atoms with Crippen LogP contribution in [0.25, 0.3) is 11.1 Å². The molecule has 2 N–H and O–H groups in total. The molecular weight excluding hydrogens is 363 g/mol. The van der Waals surface area contributed by atoms with Gasteiger partial charge in [-0.05, 0) is 42.2 Å². The number of nitrogens with zero attached hydrogens (tertiary/aromatic N) is 1. The molecule has 28 heavy (non-hydrogen) atoms. The topological polar surface area (TPSA) is 80.7 Å². The second-order valence-corrected chi connectivity index (χ2v) is 7.36. The summed E-state index contributed by atoms with van der Waals surface area (Å²) in [5, 5.41) is 13.0. The molecule has 0 spiro atoms. The summed E-state index contributed by atoms with van der Waals surface area (Å²) in [7, 11) is 0. The Balaban J connectivity index is 1.66. The van der Waals surface area contributed by atoms with Crippen molar-refractivity contribution >= 4 is 11.7 Å². The largest absolute Gasteiger partial charge is 0.480 e. The highest BCUT2D eigenvalue weighted by Gasteiger charge is 2.40. The first kappa shape index (κ1) is 18.8. The van der Waals surface area contributed by atoms with Gasteiger partial charge in [0.1, 0.15) is 11.4 Å². The lowest BCUT2D eigenvalue weighted by molar-refractivity contribution is -0.145. The molecule has 1 aromatic heterocycles. The molecule has 1 aliphatic carbocycles. The van der Waals surface area contributed by atoms with Crippen molar-refractivity contribution < 1.29 is 23.8 Å². The number of ether oxygens (including phenoxy) is 2. The molecule has 2 aliphatic rings. The number of hydrogen-bond acceptors (Lipinski definition) is 5. The Bertz CT molecular complexity index is 863. The quantitative estimate of drug-likeness (QED) is 0.757. The van der Waals surface area contributed by atoms with Crippen LogP contribution in [0.4, 0.5) is 10.1 Å². The maximum Gasteiger partial charge on any atom is 0.329 e. The van der Waals surface area contributed by atoms with Crippen LogP contribution in [0.2, 0.25) is 0 Å². The van der Waals surface area contributed by atoms with Gasteiger partial charge in [-0.1, -0.05) is 6.07 Å². The van der Waals surface area contributed by atoms with Gasteiger partial charge in [0.05, 0.1) is 18.9 Å². The van der Waals surface area contributed by atoms with E-state index in [2.05, 4.69) is 10.3 Å². The minimum absolute atomic E-state index is 0.257. The molecule has 1 saturated carbocycles. The standard InChI is InChI=1S/C21H23FN2O4/c22-19-12-23-8-5-18(19)17-4-1-15(11-14(17)13-28-16-2-3-16)24-21(20(25)26)6-9-27-10-7-21/h1,4-5,8,11-12,16,24H,2-3,6-7,9-10,13H2,(H,25,26). The number of carboxylic acids is 1. The first-order valence-corrected chi connectivity index (χ1v) is 9.51. The third kappa shape index (κ3) is 4.00. The lowest BCUT2D eigenvalue weighted by Gasteiger charge is -2.35. The van der Waals surface area contributed by atoms with Gasteiger partial charge >= 0.3 is 5.97 Å². The Kier molecular flexibility index (Phi) is 5.28. The normalized spacial score (nSPS) is 18.6. The Hall–Kier alpha value is -2.51. The molecule has 1 saturated heterocycles. The van der Waals surface area contributed by atoms with Gasteiger partial charge in [-0.15, -0.1) is 0 Å². The predicted octanol–water partition coefficient (Wildman–Crippen LogP) is 3.61. The summed E-state index contributed by atoms with van der Waals surface area (Å²) in [6.07, 6.45) is 5.85. The molecule has 4 rings (SSSR count). The highest BCUT2D eigenvalue weighted by molar-refractivity contribution is 5.83. The molecule has 2 aromatic rings. The van der Waals surface area contributed by atoms with Crippen LogP contribution in [-0.2, 0) is 20.9 Å². The van der Waals surface area contributed by atoms with Crippen molar-refractivity contribution in [2.45, 2.75) is 43.9 Å². The molecule has 6 nitrogen and oxygen atoms in total. The van der Waals surface area contributed by atoms with Gasteiger partial charge in [-0.25, -0.2) is 9.18 Å². The third-order valence-corrected chi connectivity index (χ3v) is 5.31. The molecule has 2 fully saturated rings. The minimum atomic E-state index is -1.06. The number of hydrogen-bond donors (Lipinski definition) is 2. The number of pyridine rings is 1. The lowest BCUT2D eigenvalue weighted by atomic mass is 9.89. The van der Waals surface area contributed by atoms with E-state index >= 15 is 0 Å². The monoisotopic (exact) mass is 386 g/mol. The summed E-state index contributed by atoms with van der Waals surface area (Å²) in [5.74, 6) is -1.29. The van der Waals surface area contributed by atoms with Crippen LogP contribution in [0.15, 0.2) is 36.7 Å². The van der Waals surface area contributed by atoms with Crippen molar-refractivity contribution in [2.75, 3.05) is 18.5 Å². The van der Waals surface area contributed by atoms with E-state index in [-0.39, 0.29) is 6.10 Å². The number of rotatable bonds is 7. The summed E-state index contributed by atoms with van der Waals surface area (Å²) in [5.41, 5.74) is 1.61. The van der Waals surface area contributed by atoms with Crippen LogP contribution in [0.1, 0.15) is 31.2 Å². The molecule has 0 unspecified atom stereocenters. The van der Waals surface area contributed by atoms with Crippen LogP contribution in [0.5, 0.6) is 0 Å². The molecular formula is C21H23FN2O4. The Labute approximate surface area is 162 Å². The van der Waals surface area contributed by atoms with Crippen molar-refractivity contribution in [3.8, 4) is 11.1 Å². The van der Waals surface area contributed by atoms with Crippen molar-refractivity contribution in [1.29, 1.82) is 0 Å². The van der Waals surface area contributed by atoms with E-state index in [0.717, 1.165) is 24.0 Å². The highest BCUT2D eigenvalue weighted by Crippen LogP contribution is 2.33. The van der Waals surface area contributed by atoms with Gasteiger partial charge in [-0.2, -0.15) is 0 Å². The molecule has 0 bridgehead atoms. The molecule has 1 aliphatic heterocycles. The number of aliphatic carboxylic acids is 1. The molecule has 0 radical (unpaired) electrons. The predicted molar refractivity (Wildman–Crippen MR) is 101 cm³/mol. The number of nitrogens with one attached hydrogen (secondary N) is 1. The van der Waals surface area contributed by atoms with Crippen LogP contribution < -0.4 is 5.32 Å². The van der Waals surface area contributed by atoms with E-state index in [9.17, 15) is 14.3 Å². The number of aromatic nitrogens is 1. The van der Waals surface area contributed by atoms with Gasteiger partial charge in [-0.3, -0.25) is 4.98 Å². The Morgan fingerprint density at radius 3 is 2.75 bits per heavy atom. The SMILES string of the molecule is O=C(O)C1(Nc2ccc(-c3ccncc3F)c(COC3CC3)c2)CCOCC1. The zero-order valence-corrected chi connectivity index (χ0v) is 15.5. The first-order valence-electron chi connectivity index (χ1n) is 9.51. The summed E-state index contributed by atoms with van der Waals surface area (Å²) in [4.78, 5) is 15.7.